The minimum Gasteiger partial charge on any atom is -0.496 e. The molecule has 0 spiro atoms. The van der Waals surface area contributed by atoms with Crippen LogP contribution in [0.1, 0.15) is 12.8 Å². The number of aryl methyl sites for hydroxylation is 1. The van der Waals surface area contributed by atoms with Gasteiger partial charge in [0.25, 0.3) is 0 Å². The van der Waals surface area contributed by atoms with Crippen LogP contribution in [0, 0.1) is 5.92 Å². The van der Waals surface area contributed by atoms with Crippen LogP contribution in [0.25, 0.3) is 22.5 Å². The van der Waals surface area contributed by atoms with Gasteiger partial charge >= 0.3 is 0 Å². The van der Waals surface area contributed by atoms with Crippen LogP contribution in [-0.4, -0.2) is 51.6 Å². The number of benzene rings is 2. The highest BCUT2D eigenvalue weighted by Gasteiger charge is 2.26. The summed E-state index contributed by atoms with van der Waals surface area (Å²) < 4.78 is 7.64. The van der Waals surface area contributed by atoms with E-state index in [1.54, 1.807) is 18.9 Å². The third-order valence-corrected chi connectivity index (χ3v) is 7.95. The Morgan fingerprint density at radius 2 is 1.78 bits per heavy atom. The molecule has 4 aromatic rings. The number of para-hydroxylation sites is 1. The van der Waals surface area contributed by atoms with E-state index in [2.05, 4.69) is 31.2 Å². The van der Waals surface area contributed by atoms with Gasteiger partial charge in [0.05, 0.1) is 18.5 Å². The van der Waals surface area contributed by atoms with Crippen molar-refractivity contribution in [1.82, 2.24) is 19.7 Å². The lowest BCUT2D eigenvalue weighted by Crippen LogP contribution is -2.38. The Morgan fingerprint density at radius 1 is 0.973 bits per heavy atom. The predicted molar refractivity (Wildman–Crippen MR) is 146 cm³/mol. The number of hydrogen-bond acceptors (Lipinski definition) is 7. The first-order chi connectivity index (χ1) is 18.2. The normalized spacial score (nSPS) is 15.4. The summed E-state index contributed by atoms with van der Waals surface area (Å²) in [6.07, 6.45) is 3.66. The Morgan fingerprint density at radius 3 is 2.51 bits per heavy atom. The summed E-state index contributed by atoms with van der Waals surface area (Å²) in [7, 11) is 1.65. The van der Waals surface area contributed by atoms with Crippen LogP contribution in [0.2, 0.25) is 0 Å². The molecule has 1 N–H and O–H groups in total. The molecule has 2 aliphatic heterocycles. The molecule has 1 amide bonds. The summed E-state index contributed by atoms with van der Waals surface area (Å²) in [5.41, 5.74) is 4.55. The number of amides is 1. The number of aromatic nitrogens is 4. The zero-order valence-electron chi connectivity index (χ0n) is 20.6. The molecule has 0 bridgehead atoms. The first-order valence-corrected chi connectivity index (χ1v) is 13.5. The lowest BCUT2D eigenvalue weighted by atomic mass is 9.95. The number of thioether (sulfide) groups is 1. The van der Waals surface area contributed by atoms with Gasteiger partial charge in [-0.1, -0.05) is 36.0 Å². The number of piperidine rings is 1. The number of methoxy groups -OCH3 is 1. The highest BCUT2D eigenvalue weighted by Crippen LogP contribution is 2.31. The third kappa shape index (κ3) is 4.91. The molecule has 37 heavy (non-hydrogen) atoms. The molecule has 4 heterocycles. The summed E-state index contributed by atoms with van der Waals surface area (Å²) in [6.45, 7) is 2.55. The molecule has 0 aliphatic carbocycles. The van der Waals surface area contributed by atoms with E-state index in [4.69, 9.17) is 9.72 Å². The van der Waals surface area contributed by atoms with Crippen LogP contribution in [-0.2, 0) is 11.3 Å². The zero-order chi connectivity index (χ0) is 25.2. The molecule has 1 saturated heterocycles. The number of ether oxygens (including phenoxy) is 1. The van der Waals surface area contributed by atoms with E-state index in [1.165, 1.54) is 0 Å². The second-order valence-corrected chi connectivity index (χ2v) is 10.3. The fourth-order valence-corrected chi connectivity index (χ4v) is 5.83. The molecule has 188 valence electrons. The first kappa shape index (κ1) is 23.5. The van der Waals surface area contributed by atoms with Crippen molar-refractivity contribution in [3.05, 3.63) is 66.9 Å². The second kappa shape index (κ2) is 10.3. The molecule has 9 heteroatoms. The van der Waals surface area contributed by atoms with E-state index in [-0.39, 0.29) is 11.8 Å². The highest BCUT2D eigenvalue weighted by molar-refractivity contribution is 7.99. The minimum atomic E-state index is -0.0233. The van der Waals surface area contributed by atoms with Crippen molar-refractivity contribution >= 4 is 29.2 Å². The first-order valence-electron chi connectivity index (χ1n) is 12.5. The molecular weight excluding hydrogens is 484 g/mol. The molecule has 8 nitrogen and oxygen atoms in total. The van der Waals surface area contributed by atoms with Crippen molar-refractivity contribution in [2.45, 2.75) is 24.5 Å². The second-order valence-electron chi connectivity index (χ2n) is 9.26. The molecular formula is C28H28N6O2S. The Labute approximate surface area is 220 Å². The van der Waals surface area contributed by atoms with Crippen molar-refractivity contribution < 1.29 is 9.53 Å². The number of nitrogens with one attached hydrogen (secondary N) is 1. The lowest BCUT2D eigenvalue weighted by molar-refractivity contribution is -0.120. The fourth-order valence-electron chi connectivity index (χ4n) is 4.88. The van der Waals surface area contributed by atoms with E-state index in [0.29, 0.717) is 0 Å². The largest absolute Gasteiger partial charge is 0.496 e. The molecule has 6 rings (SSSR count). The maximum Gasteiger partial charge on any atom is 0.227 e. The van der Waals surface area contributed by atoms with Crippen LogP contribution < -0.4 is 15.0 Å². The third-order valence-electron chi connectivity index (χ3n) is 6.97. The van der Waals surface area contributed by atoms with Gasteiger partial charge in [0, 0.05) is 54.3 Å². The summed E-state index contributed by atoms with van der Waals surface area (Å²) in [5.74, 6) is 2.75. The minimum absolute atomic E-state index is 0.0233. The maximum absolute atomic E-state index is 12.9. The monoisotopic (exact) mass is 512 g/mol. The van der Waals surface area contributed by atoms with Gasteiger partial charge in [0.2, 0.25) is 5.91 Å². The van der Waals surface area contributed by atoms with Crippen molar-refractivity contribution in [2.24, 2.45) is 5.92 Å². The van der Waals surface area contributed by atoms with Crippen LogP contribution in [0.4, 0.5) is 11.5 Å². The molecule has 0 saturated carbocycles. The number of anilines is 2. The van der Waals surface area contributed by atoms with Crippen LogP contribution in [0.5, 0.6) is 5.75 Å². The summed E-state index contributed by atoms with van der Waals surface area (Å²) >= 11 is 1.79. The summed E-state index contributed by atoms with van der Waals surface area (Å²) in [5, 5.41) is 13.1. The maximum atomic E-state index is 12.9. The van der Waals surface area contributed by atoms with E-state index in [1.807, 2.05) is 60.7 Å². The molecule has 0 unspecified atom stereocenters. The van der Waals surface area contributed by atoms with Crippen molar-refractivity contribution in [1.29, 1.82) is 0 Å². The molecule has 2 aliphatic rings. The average Bonchev–Trinajstić information content (AvgIpc) is 3.57. The Kier molecular flexibility index (Phi) is 6.53. The SMILES string of the molecule is COc1ccccc1-c1ccc(N2CCC(C(=O)Nc3ccc(-c4cn5c(n4)SCC5)cc3)CC2)nn1. The number of imidazole rings is 1. The van der Waals surface area contributed by atoms with Crippen LogP contribution in [0.3, 0.4) is 0 Å². The van der Waals surface area contributed by atoms with Crippen LogP contribution >= 0.6 is 11.8 Å². The van der Waals surface area contributed by atoms with E-state index in [0.717, 1.165) is 83.2 Å². The fraction of sp³-hybridized carbons (Fsp3) is 0.286. The van der Waals surface area contributed by atoms with Gasteiger partial charge in [-0.3, -0.25) is 4.79 Å². The number of hydrogen-bond donors (Lipinski definition) is 1. The van der Waals surface area contributed by atoms with Gasteiger partial charge in [-0.15, -0.1) is 10.2 Å². The van der Waals surface area contributed by atoms with Crippen molar-refractivity contribution in [3.8, 4) is 28.3 Å². The lowest BCUT2D eigenvalue weighted by Gasteiger charge is -2.31. The van der Waals surface area contributed by atoms with Gasteiger partial charge in [0.15, 0.2) is 11.0 Å². The van der Waals surface area contributed by atoms with Crippen molar-refractivity contribution in [2.75, 3.05) is 36.2 Å². The summed E-state index contributed by atoms with van der Waals surface area (Å²) in [4.78, 5) is 19.8. The van der Waals surface area contributed by atoms with Gasteiger partial charge in [0.1, 0.15) is 5.75 Å². The van der Waals surface area contributed by atoms with E-state index >= 15 is 0 Å². The molecule has 0 radical (unpaired) electrons. The Hall–Kier alpha value is -3.85. The molecule has 2 aromatic heterocycles. The van der Waals surface area contributed by atoms with Gasteiger partial charge < -0.3 is 19.5 Å². The predicted octanol–water partition coefficient (Wildman–Crippen LogP) is 4.98. The Balaban J connectivity index is 1.03. The van der Waals surface area contributed by atoms with E-state index in [9.17, 15) is 4.79 Å². The average molecular weight is 513 g/mol. The van der Waals surface area contributed by atoms with Gasteiger partial charge in [-0.25, -0.2) is 4.98 Å². The van der Waals surface area contributed by atoms with Crippen molar-refractivity contribution in [3.63, 3.8) is 0 Å². The molecule has 1 fully saturated rings. The topological polar surface area (TPSA) is 85.2 Å². The van der Waals surface area contributed by atoms with Gasteiger partial charge in [-0.2, -0.15) is 0 Å². The summed E-state index contributed by atoms with van der Waals surface area (Å²) in [6, 6.07) is 19.7. The highest BCUT2D eigenvalue weighted by atomic mass is 32.2. The standard InChI is InChI=1S/C28H28N6O2S/c1-36-25-5-3-2-4-22(25)23-10-11-26(32-31-23)33-14-12-20(13-15-33)27(35)29-21-8-6-19(7-9-21)24-18-34-16-17-37-28(34)30-24/h2-11,18,20H,12-17H2,1H3,(H,29,35). The zero-order valence-corrected chi connectivity index (χ0v) is 21.4. The van der Waals surface area contributed by atoms with Gasteiger partial charge in [-0.05, 0) is 49.2 Å². The number of nitrogens with zero attached hydrogens (tertiary/aromatic N) is 5. The van der Waals surface area contributed by atoms with E-state index < -0.39 is 0 Å². The number of carbonyl (C=O) groups excluding carboxylic acids is 1. The molecule has 2 aromatic carbocycles. The Bertz CT molecular complexity index is 1370. The molecule has 0 atom stereocenters. The van der Waals surface area contributed by atoms with Crippen LogP contribution in [0.15, 0.2) is 72.0 Å². The smallest absolute Gasteiger partial charge is 0.227 e. The number of rotatable bonds is 6. The number of carbonyl (C=O) groups is 1. The quantitative estimate of drug-likeness (QED) is 0.390. The number of fused-ring (bicyclic) bond motifs is 1.